The van der Waals surface area contributed by atoms with Crippen molar-refractivity contribution >= 4 is 12.1 Å². The van der Waals surface area contributed by atoms with E-state index in [0.717, 1.165) is 25.1 Å². The summed E-state index contributed by atoms with van der Waals surface area (Å²) in [7, 11) is 0. The highest BCUT2D eigenvalue weighted by atomic mass is 16.2. The van der Waals surface area contributed by atoms with E-state index < -0.39 is 0 Å². The quantitative estimate of drug-likeness (QED) is 0.615. The maximum Gasteiger partial charge on any atom is 0.241 e. The molecule has 1 heterocycles. The molecule has 1 rings (SSSR count). The lowest BCUT2D eigenvalue weighted by Crippen LogP contribution is -2.45. The first-order valence-corrected chi connectivity index (χ1v) is 4.42. The van der Waals surface area contributed by atoms with Gasteiger partial charge >= 0.3 is 0 Å². The van der Waals surface area contributed by atoms with E-state index in [1.165, 1.54) is 6.21 Å². The molecule has 1 amide bonds. The van der Waals surface area contributed by atoms with Crippen LogP contribution in [0, 0.1) is 5.41 Å². The van der Waals surface area contributed by atoms with E-state index in [9.17, 15) is 4.79 Å². The Morgan fingerprint density at radius 3 is 2.77 bits per heavy atom. The van der Waals surface area contributed by atoms with Gasteiger partial charge in [0.1, 0.15) is 0 Å². The molecule has 4 nitrogen and oxygen atoms in total. The van der Waals surface area contributed by atoms with Gasteiger partial charge < -0.3 is 15.6 Å². The van der Waals surface area contributed by atoms with Crippen molar-refractivity contribution in [2.45, 2.75) is 13.3 Å². The fourth-order valence-corrected chi connectivity index (χ4v) is 1.02. The molecule has 0 aromatic heterocycles. The number of hydrogen-bond acceptors (Lipinski definition) is 3. The first kappa shape index (κ1) is 9.77. The summed E-state index contributed by atoms with van der Waals surface area (Å²) in [5.74, 6) is 0.139. The van der Waals surface area contributed by atoms with Crippen LogP contribution in [0.4, 0.5) is 0 Å². The van der Waals surface area contributed by atoms with Crippen LogP contribution >= 0.6 is 0 Å². The second-order valence-corrected chi connectivity index (χ2v) is 3.15. The van der Waals surface area contributed by atoms with Crippen molar-refractivity contribution in [1.82, 2.24) is 10.2 Å². The summed E-state index contributed by atoms with van der Waals surface area (Å²) < 4.78 is 0. The molecule has 1 aliphatic heterocycles. The monoisotopic (exact) mass is 181 g/mol. The number of allylic oxidation sites excluding steroid dienone is 1. The standard InChI is InChI=1S/C9H15N3O/c1-8(5-10)6-11-7-9(13)12-3-2-4-12/h5-6,10-11H,2-4,7H2,1H3/b8-6-,10-5?. The molecular formula is C9H15N3O. The number of nitrogens with zero attached hydrogens (tertiary/aromatic N) is 1. The van der Waals surface area contributed by atoms with Crippen LogP contribution in [0.5, 0.6) is 0 Å². The highest BCUT2D eigenvalue weighted by molar-refractivity contribution is 5.79. The van der Waals surface area contributed by atoms with Crippen molar-refractivity contribution in [1.29, 1.82) is 5.41 Å². The summed E-state index contributed by atoms with van der Waals surface area (Å²) in [6, 6.07) is 0. The largest absolute Gasteiger partial charge is 0.382 e. The van der Waals surface area contributed by atoms with E-state index in [1.807, 2.05) is 11.8 Å². The van der Waals surface area contributed by atoms with E-state index in [4.69, 9.17) is 5.41 Å². The number of carbonyl (C=O) groups excluding carboxylic acids is 1. The molecule has 1 fully saturated rings. The molecule has 0 atom stereocenters. The summed E-state index contributed by atoms with van der Waals surface area (Å²) in [6.07, 6.45) is 4.06. The molecule has 4 heteroatoms. The number of nitrogens with one attached hydrogen (secondary N) is 2. The van der Waals surface area contributed by atoms with E-state index >= 15 is 0 Å². The topological polar surface area (TPSA) is 56.2 Å². The molecule has 1 saturated heterocycles. The fraction of sp³-hybridized carbons (Fsp3) is 0.556. The van der Waals surface area contributed by atoms with Gasteiger partial charge in [-0.05, 0) is 18.9 Å². The molecule has 0 aromatic rings. The van der Waals surface area contributed by atoms with Crippen molar-refractivity contribution in [3.05, 3.63) is 11.8 Å². The summed E-state index contributed by atoms with van der Waals surface area (Å²) in [6.45, 7) is 3.95. The van der Waals surface area contributed by atoms with Crippen LogP contribution in [0.25, 0.3) is 0 Å². The van der Waals surface area contributed by atoms with Crippen LogP contribution in [0.3, 0.4) is 0 Å². The Morgan fingerprint density at radius 1 is 1.62 bits per heavy atom. The number of likely N-dealkylation sites (tertiary alicyclic amines) is 1. The number of amides is 1. The van der Waals surface area contributed by atoms with Gasteiger partial charge in [0, 0.05) is 25.5 Å². The van der Waals surface area contributed by atoms with Gasteiger partial charge in [-0.3, -0.25) is 4.79 Å². The van der Waals surface area contributed by atoms with Crippen LogP contribution in [-0.4, -0.2) is 36.7 Å². The Bertz CT molecular complexity index is 231. The van der Waals surface area contributed by atoms with Gasteiger partial charge in [-0.25, -0.2) is 0 Å². The van der Waals surface area contributed by atoms with Crippen molar-refractivity contribution in [2.24, 2.45) is 0 Å². The van der Waals surface area contributed by atoms with Gasteiger partial charge in [-0.1, -0.05) is 0 Å². The predicted molar refractivity (Wildman–Crippen MR) is 51.7 cm³/mol. The number of carbonyl (C=O) groups is 1. The second-order valence-electron chi connectivity index (χ2n) is 3.15. The molecular weight excluding hydrogens is 166 g/mol. The zero-order valence-corrected chi connectivity index (χ0v) is 7.84. The highest BCUT2D eigenvalue weighted by Gasteiger charge is 2.18. The van der Waals surface area contributed by atoms with Gasteiger partial charge in [0.25, 0.3) is 0 Å². The third-order valence-corrected chi connectivity index (χ3v) is 2.02. The zero-order chi connectivity index (χ0) is 9.68. The van der Waals surface area contributed by atoms with Crippen molar-refractivity contribution in [3.8, 4) is 0 Å². The molecule has 72 valence electrons. The average Bonchev–Trinajstić information content (AvgIpc) is 2.01. The summed E-state index contributed by atoms with van der Waals surface area (Å²) in [5.41, 5.74) is 0.816. The van der Waals surface area contributed by atoms with Crippen LogP contribution in [-0.2, 0) is 4.79 Å². The van der Waals surface area contributed by atoms with Crippen molar-refractivity contribution < 1.29 is 4.79 Å². The second kappa shape index (κ2) is 4.64. The van der Waals surface area contributed by atoms with E-state index in [-0.39, 0.29) is 5.91 Å². The molecule has 0 bridgehead atoms. The van der Waals surface area contributed by atoms with Crippen molar-refractivity contribution in [3.63, 3.8) is 0 Å². The Labute approximate surface area is 78.1 Å². The minimum absolute atomic E-state index is 0.139. The average molecular weight is 181 g/mol. The molecule has 0 aliphatic carbocycles. The fourth-order valence-electron chi connectivity index (χ4n) is 1.02. The molecule has 0 spiro atoms. The normalized spacial score (nSPS) is 16.4. The molecule has 1 aliphatic rings. The summed E-state index contributed by atoms with van der Waals surface area (Å²) in [4.78, 5) is 13.1. The zero-order valence-electron chi connectivity index (χ0n) is 7.84. The Kier molecular flexibility index (Phi) is 3.49. The number of rotatable bonds is 4. The molecule has 0 saturated carbocycles. The van der Waals surface area contributed by atoms with Gasteiger partial charge in [0.2, 0.25) is 5.91 Å². The van der Waals surface area contributed by atoms with Crippen LogP contribution < -0.4 is 5.32 Å². The van der Waals surface area contributed by atoms with Gasteiger partial charge in [-0.2, -0.15) is 0 Å². The van der Waals surface area contributed by atoms with E-state index in [0.29, 0.717) is 6.54 Å². The lowest BCUT2D eigenvalue weighted by Gasteiger charge is -2.30. The third-order valence-electron chi connectivity index (χ3n) is 2.02. The Hall–Kier alpha value is -1.32. The van der Waals surface area contributed by atoms with Gasteiger partial charge in [-0.15, -0.1) is 0 Å². The van der Waals surface area contributed by atoms with Crippen LogP contribution in [0.1, 0.15) is 13.3 Å². The minimum Gasteiger partial charge on any atom is -0.382 e. The molecule has 13 heavy (non-hydrogen) atoms. The summed E-state index contributed by atoms with van der Waals surface area (Å²) >= 11 is 0. The third kappa shape index (κ3) is 2.89. The minimum atomic E-state index is 0.139. The Balaban J connectivity index is 2.18. The lowest BCUT2D eigenvalue weighted by molar-refractivity contribution is -0.133. The smallest absolute Gasteiger partial charge is 0.241 e. The first-order valence-electron chi connectivity index (χ1n) is 4.42. The molecule has 0 radical (unpaired) electrons. The first-order chi connectivity index (χ1) is 6.24. The van der Waals surface area contributed by atoms with Crippen molar-refractivity contribution in [2.75, 3.05) is 19.6 Å². The Morgan fingerprint density at radius 2 is 2.31 bits per heavy atom. The van der Waals surface area contributed by atoms with Crippen LogP contribution in [0.15, 0.2) is 11.8 Å². The maximum atomic E-state index is 11.3. The van der Waals surface area contributed by atoms with Crippen LogP contribution in [0.2, 0.25) is 0 Å². The highest BCUT2D eigenvalue weighted by Crippen LogP contribution is 2.04. The molecule has 0 unspecified atom stereocenters. The maximum absolute atomic E-state index is 11.3. The SMILES string of the molecule is C/C(C=N)=C/NCC(=O)N1CCC1. The summed E-state index contributed by atoms with van der Waals surface area (Å²) in [5, 5.41) is 9.78. The van der Waals surface area contributed by atoms with E-state index in [2.05, 4.69) is 5.32 Å². The number of hydrogen-bond donors (Lipinski definition) is 2. The molecule has 0 aromatic carbocycles. The van der Waals surface area contributed by atoms with Gasteiger partial charge in [0.05, 0.1) is 6.54 Å². The predicted octanol–water partition coefficient (Wildman–Crippen LogP) is 0.362. The van der Waals surface area contributed by atoms with E-state index in [1.54, 1.807) is 6.20 Å². The lowest BCUT2D eigenvalue weighted by atomic mass is 10.2. The molecule has 2 N–H and O–H groups in total. The van der Waals surface area contributed by atoms with Gasteiger partial charge in [0.15, 0.2) is 0 Å².